The molecular formula is C34H39ClN4O5. The van der Waals surface area contributed by atoms with E-state index in [0.29, 0.717) is 40.8 Å². The first-order chi connectivity index (χ1) is 21.2. The molecule has 0 bridgehead atoms. The smallest absolute Gasteiger partial charge is 0.339 e. The van der Waals surface area contributed by atoms with Crippen molar-refractivity contribution in [2.45, 2.75) is 65.5 Å². The second-order valence-corrected chi connectivity index (χ2v) is 10.9. The predicted molar refractivity (Wildman–Crippen MR) is 170 cm³/mol. The fraction of sp³-hybridized carbons (Fsp3) is 0.353. The van der Waals surface area contributed by atoms with E-state index < -0.39 is 12.0 Å². The monoisotopic (exact) mass is 618 g/mol. The van der Waals surface area contributed by atoms with Crippen LogP contribution < -0.4 is 5.32 Å². The van der Waals surface area contributed by atoms with Crippen molar-refractivity contribution < 1.29 is 23.9 Å². The van der Waals surface area contributed by atoms with Crippen LogP contribution in [-0.2, 0) is 44.9 Å². The summed E-state index contributed by atoms with van der Waals surface area (Å²) >= 11 is 6.45. The maximum absolute atomic E-state index is 13.8. The van der Waals surface area contributed by atoms with Gasteiger partial charge in [-0.1, -0.05) is 67.4 Å². The maximum Gasteiger partial charge on any atom is 0.339 e. The maximum atomic E-state index is 13.8. The first-order valence-corrected chi connectivity index (χ1v) is 15.2. The molecule has 10 heteroatoms. The molecule has 1 atom stereocenters. The summed E-state index contributed by atoms with van der Waals surface area (Å²) in [5.41, 5.74) is 4.31. The summed E-state index contributed by atoms with van der Waals surface area (Å²) < 4.78 is 13.9. The average molecular weight is 619 g/mol. The number of hydrogen-bond donors (Lipinski definition) is 1. The number of ether oxygens (including phenoxy) is 2. The van der Waals surface area contributed by atoms with Gasteiger partial charge in [-0.3, -0.25) is 9.59 Å². The number of esters is 2. The molecule has 2 heterocycles. The average Bonchev–Trinajstić information content (AvgIpc) is 3.54. The lowest BCUT2D eigenvalue weighted by atomic mass is 10.0. The minimum Gasteiger partial charge on any atom is -0.469 e. The van der Waals surface area contributed by atoms with Gasteiger partial charge in [-0.05, 0) is 49.6 Å². The van der Waals surface area contributed by atoms with Crippen LogP contribution in [0, 0.1) is 6.92 Å². The number of carbonyl (C=O) groups excluding carboxylic acids is 3. The first-order valence-electron chi connectivity index (χ1n) is 14.8. The quantitative estimate of drug-likeness (QED) is 0.165. The van der Waals surface area contributed by atoms with Crippen LogP contribution in [0.2, 0.25) is 5.15 Å². The number of rotatable bonds is 14. The Morgan fingerprint density at radius 3 is 2.39 bits per heavy atom. The Balaban J connectivity index is 1.56. The van der Waals surface area contributed by atoms with Gasteiger partial charge in [0, 0.05) is 37.0 Å². The molecular weight excluding hydrogens is 580 g/mol. The van der Waals surface area contributed by atoms with E-state index in [9.17, 15) is 14.4 Å². The third-order valence-corrected chi connectivity index (χ3v) is 7.85. The molecule has 44 heavy (non-hydrogen) atoms. The lowest BCUT2D eigenvalue weighted by Gasteiger charge is -2.21. The lowest BCUT2D eigenvalue weighted by Crippen LogP contribution is -2.28. The van der Waals surface area contributed by atoms with Gasteiger partial charge >= 0.3 is 11.9 Å². The fourth-order valence-electron chi connectivity index (χ4n) is 5.14. The van der Waals surface area contributed by atoms with E-state index in [1.165, 1.54) is 7.11 Å². The highest BCUT2D eigenvalue weighted by atomic mass is 35.5. The van der Waals surface area contributed by atoms with Crippen molar-refractivity contribution in [3.8, 4) is 0 Å². The molecule has 0 aliphatic carbocycles. The van der Waals surface area contributed by atoms with Crippen LogP contribution in [0.15, 0.2) is 66.9 Å². The van der Waals surface area contributed by atoms with Gasteiger partial charge in [0.2, 0.25) is 5.91 Å². The number of carbonyl (C=O) groups is 3. The number of nitrogens with one attached hydrogen (secondary N) is 1. The van der Waals surface area contributed by atoms with Crippen LogP contribution in [0.25, 0.3) is 0 Å². The topological polar surface area (TPSA) is 104 Å². The highest BCUT2D eigenvalue weighted by Gasteiger charge is 2.25. The third-order valence-electron chi connectivity index (χ3n) is 7.54. The van der Waals surface area contributed by atoms with Crippen LogP contribution in [0.5, 0.6) is 0 Å². The number of anilines is 1. The van der Waals surface area contributed by atoms with Crippen molar-refractivity contribution in [3.63, 3.8) is 0 Å². The molecule has 0 spiro atoms. The minimum absolute atomic E-state index is 0.0299. The molecule has 0 radical (unpaired) electrons. The van der Waals surface area contributed by atoms with Gasteiger partial charge < -0.3 is 23.9 Å². The number of hydrogen-bond acceptors (Lipinski definition) is 6. The molecule has 2 aromatic carbocycles. The Hall–Kier alpha value is -4.37. The van der Waals surface area contributed by atoms with Gasteiger partial charge in [0.05, 0.1) is 31.4 Å². The number of nitrogens with zero attached hydrogens (tertiary/aromatic N) is 3. The number of aryl methyl sites for hydroxylation is 1. The molecule has 0 aliphatic rings. The number of methoxy groups -OCH3 is 1. The van der Waals surface area contributed by atoms with E-state index in [-0.39, 0.29) is 24.9 Å². The zero-order valence-electron chi connectivity index (χ0n) is 25.6. The van der Waals surface area contributed by atoms with E-state index in [1.807, 2.05) is 70.7 Å². The first kappa shape index (κ1) is 32.5. The summed E-state index contributed by atoms with van der Waals surface area (Å²) in [6.45, 7) is 6.43. The third kappa shape index (κ3) is 7.96. The Labute approximate surface area is 263 Å². The second-order valence-electron chi connectivity index (χ2n) is 10.5. The van der Waals surface area contributed by atoms with Crippen LogP contribution >= 0.6 is 11.6 Å². The van der Waals surface area contributed by atoms with E-state index >= 15 is 0 Å². The summed E-state index contributed by atoms with van der Waals surface area (Å²) in [7, 11) is 1.35. The number of imidazole rings is 1. The Morgan fingerprint density at radius 2 is 1.73 bits per heavy atom. The molecule has 0 aliphatic heterocycles. The molecule has 0 saturated heterocycles. The van der Waals surface area contributed by atoms with Gasteiger partial charge in [0.25, 0.3) is 0 Å². The van der Waals surface area contributed by atoms with Gasteiger partial charge in [0.1, 0.15) is 11.9 Å². The molecule has 9 nitrogen and oxygen atoms in total. The summed E-state index contributed by atoms with van der Waals surface area (Å²) in [5.74, 6) is -0.184. The molecule has 1 amide bonds. The highest BCUT2D eigenvalue weighted by molar-refractivity contribution is 6.30. The Bertz CT molecular complexity index is 1580. The summed E-state index contributed by atoms with van der Waals surface area (Å²) in [5, 5.41) is 3.36. The van der Waals surface area contributed by atoms with Gasteiger partial charge in [-0.15, -0.1) is 0 Å². The zero-order chi connectivity index (χ0) is 31.6. The van der Waals surface area contributed by atoms with Crippen molar-refractivity contribution in [3.05, 3.63) is 106 Å². The van der Waals surface area contributed by atoms with Crippen LogP contribution in [0.3, 0.4) is 0 Å². The van der Waals surface area contributed by atoms with Crippen molar-refractivity contribution >= 4 is 35.1 Å². The van der Waals surface area contributed by atoms with Crippen molar-refractivity contribution in [2.24, 2.45) is 0 Å². The molecule has 2 aromatic heterocycles. The van der Waals surface area contributed by atoms with E-state index in [0.717, 1.165) is 36.2 Å². The van der Waals surface area contributed by atoms with Crippen molar-refractivity contribution in [1.29, 1.82) is 0 Å². The fourth-order valence-corrected chi connectivity index (χ4v) is 5.41. The zero-order valence-corrected chi connectivity index (χ0v) is 26.4. The number of amides is 1. The largest absolute Gasteiger partial charge is 0.469 e. The van der Waals surface area contributed by atoms with E-state index in [4.69, 9.17) is 21.1 Å². The molecule has 0 fully saturated rings. The normalized spacial score (nSPS) is 11.7. The van der Waals surface area contributed by atoms with Gasteiger partial charge in [-0.2, -0.15) is 0 Å². The van der Waals surface area contributed by atoms with Crippen LogP contribution in [0.1, 0.15) is 71.4 Å². The summed E-state index contributed by atoms with van der Waals surface area (Å²) in [6.07, 6.45) is 4.92. The summed E-state index contributed by atoms with van der Waals surface area (Å²) in [6, 6.07) is 18.4. The standard InChI is InChI=1S/C34H39ClN4O5/c1-5-7-13-30-37-32(35)28(21-31(40)43-4)39(30)22-25-14-16-26(17-15-25)36-33(41)29(20-24-11-9-8-10-12-24)38-19-18-27(23(38)3)34(42)44-6-2/h8-12,14-19,29H,5-7,13,20-22H2,1-4H3,(H,36,41). The molecule has 1 N–H and O–H groups in total. The Kier molecular flexibility index (Phi) is 11.4. The molecule has 4 rings (SSSR count). The lowest BCUT2D eigenvalue weighted by molar-refractivity contribution is -0.139. The number of halogens is 1. The molecule has 0 saturated carbocycles. The van der Waals surface area contributed by atoms with Crippen LogP contribution in [-0.4, -0.2) is 45.7 Å². The predicted octanol–water partition coefficient (Wildman–Crippen LogP) is 6.35. The SMILES string of the molecule is CCCCc1nc(Cl)c(CC(=O)OC)n1Cc1ccc(NC(=O)C(Cc2ccccc2)n2ccc(C(=O)OCC)c2C)cc1. The number of aromatic nitrogens is 3. The van der Waals surface area contributed by atoms with Crippen molar-refractivity contribution in [1.82, 2.24) is 14.1 Å². The van der Waals surface area contributed by atoms with E-state index in [1.54, 1.807) is 19.2 Å². The molecule has 232 valence electrons. The molecule has 4 aromatic rings. The second kappa shape index (κ2) is 15.4. The van der Waals surface area contributed by atoms with Gasteiger partial charge in [-0.25, -0.2) is 9.78 Å². The highest BCUT2D eigenvalue weighted by Crippen LogP contribution is 2.25. The number of unbranched alkanes of at least 4 members (excludes halogenated alkanes) is 1. The van der Waals surface area contributed by atoms with Gasteiger partial charge in [0.15, 0.2) is 5.15 Å². The summed E-state index contributed by atoms with van der Waals surface area (Å²) in [4.78, 5) is 42.8. The van der Waals surface area contributed by atoms with Crippen molar-refractivity contribution in [2.75, 3.05) is 19.0 Å². The molecule has 1 unspecified atom stereocenters. The number of benzene rings is 2. The Morgan fingerprint density at radius 1 is 1.00 bits per heavy atom. The minimum atomic E-state index is -0.602. The van der Waals surface area contributed by atoms with E-state index in [2.05, 4.69) is 17.2 Å². The van der Waals surface area contributed by atoms with Crippen LogP contribution in [0.4, 0.5) is 5.69 Å².